The maximum Gasteiger partial charge on any atom is 0.0107 e. The second kappa shape index (κ2) is 5.92. The summed E-state index contributed by atoms with van der Waals surface area (Å²) in [7, 11) is 0. The summed E-state index contributed by atoms with van der Waals surface area (Å²) in [6, 6.07) is 10.6. The van der Waals surface area contributed by atoms with Crippen LogP contribution in [0.15, 0.2) is 36.4 Å². The second-order valence-corrected chi connectivity index (χ2v) is 5.13. The molecule has 14 heavy (non-hydrogen) atoms. The van der Waals surface area contributed by atoms with Gasteiger partial charge >= 0.3 is 0 Å². The van der Waals surface area contributed by atoms with E-state index in [9.17, 15) is 0 Å². The van der Waals surface area contributed by atoms with E-state index in [1.165, 1.54) is 10.5 Å². The topological polar surface area (TPSA) is 0 Å². The molecule has 0 radical (unpaired) electrons. The molecule has 0 aliphatic carbocycles. The van der Waals surface area contributed by atoms with E-state index in [1.807, 2.05) is 11.8 Å². The molecule has 0 atom stereocenters. The van der Waals surface area contributed by atoms with Gasteiger partial charge in [-0.3, -0.25) is 0 Å². The standard InChI is InChI=1S/C13H18S/c1-4-8-13(14-11(2)3)12-9-6-5-7-10-12/h5-11H,4H2,1-3H3/b13-8-. The molecule has 0 bridgehead atoms. The molecule has 0 spiro atoms. The summed E-state index contributed by atoms with van der Waals surface area (Å²) in [6.45, 7) is 6.65. The van der Waals surface area contributed by atoms with E-state index in [-0.39, 0.29) is 0 Å². The number of benzene rings is 1. The average Bonchev–Trinajstić information content (AvgIpc) is 2.18. The summed E-state index contributed by atoms with van der Waals surface area (Å²) in [5.74, 6) is 0. The van der Waals surface area contributed by atoms with Crippen molar-refractivity contribution < 1.29 is 0 Å². The highest BCUT2D eigenvalue weighted by molar-refractivity contribution is 8.08. The normalized spacial score (nSPS) is 12.1. The van der Waals surface area contributed by atoms with Gasteiger partial charge in [0.2, 0.25) is 0 Å². The number of thioether (sulfide) groups is 1. The lowest BCUT2D eigenvalue weighted by Crippen LogP contribution is -1.88. The summed E-state index contributed by atoms with van der Waals surface area (Å²) in [5.41, 5.74) is 1.34. The van der Waals surface area contributed by atoms with E-state index in [0.29, 0.717) is 5.25 Å². The van der Waals surface area contributed by atoms with Gasteiger partial charge in [0.1, 0.15) is 0 Å². The Hall–Kier alpha value is -0.690. The molecule has 1 aromatic carbocycles. The Morgan fingerprint density at radius 2 is 1.93 bits per heavy atom. The Morgan fingerprint density at radius 3 is 2.43 bits per heavy atom. The molecule has 0 aliphatic heterocycles. The number of hydrogen-bond donors (Lipinski definition) is 0. The van der Waals surface area contributed by atoms with Crippen LogP contribution in [0, 0.1) is 0 Å². The van der Waals surface area contributed by atoms with Gasteiger partial charge in [-0.2, -0.15) is 0 Å². The molecule has 1 aromatic rings. The van der Waals surface area contributed by atoms with Crippen LogP contribution in [0.3, 0.4) is 0 Å². The van der Waals surface area contributed by atoms with Gasteiger partial charge < -0.3 is 0 Å². The van der Waals surface area contributed by atoms with E-state index in [4.69, 9.17) is 0 Å². The zero-order chi connectivity index (χ0) is 10.4. The molecule has 0 saturated carbocycles. The molecule has 76 valence electrons. The second-order valence-electron chi connectivity index (χ2n) is 3.51. The minimum Gasteiger partial charge on any atom is -0.123 e. The molecule has 0 saturated heterocycles. The smallest absolute Gasteiger partial charge is 0.0107 e. The first-order valence-corrected chi connectivity index (χ1v) is 6.04. The van der Waals surface area contributed by atoms with Gasteiger partial charge in [-0.05, 0) is 12.0 Å². The van der Waals surface area contributed by atoms with Gasteiger partial charge in [0.25, 0.3) is 0 Å². The van der Waals surface area contributed by atoms with Crippen LogP contribution in [0.2, 0.25) is 0 Å². The number of rotatable bonds is 4. The first-order chi connectivity index (χ1) is 6.74. The van der Waals surface area contributed by atoms with Gasteiger partial charge in [0.05, 0.1) is 0 Å². The van der Waals surface area contributed by atoms with Crippen molar-refractivity contribution in [2.45, 2.75) is 32.4 Å². The lowest BCUT2D eigenvalue weighted by molar-refractivity contribution is 1.12. The molecule has 0 nitrogen and oxygen atoms in total. The quantitative estimate of drug-likeness (QED) is 0.695. The molecule has 0 fully saturated rings. The molecule has 1 rings (SSSR count). The molecule has 1 heteroatoms. The van der Waals surface area contributed by atoms with E-state index in [2.05, 4.69) is 57.2 Å². The molecular weight excluding hydrogens is 188 g/mol. The third kappa shape index (κ3) is 3.59. The van der Waals surface area contributed by atoms with Crippen LogP contribution < -0.4 is 0 Å². The van der Waals surface area contributed by atoms with Gasteiger partial charge in [0, 0.05) is 10.2 Å². The Kier molecular flexibility index (Phi) is 4.81. The third-order valence-electron chi connectivity index (χ3n) is 1.81. The zero-order valence-corrected chi connectivity index (χ0v) is 9.97. The Labute approximate surface area is 91.4 Å². The summed E-state index contributed by atoms with van der Waals surface area (Å²) in [4.78, 5) is 1.41. The molecule has 0 N–H and O–H groups in total. The fourth-order valence-electron chi connectivity index (χ4n) is 1.28. The predicted octanol–water partition coefficient (Wildman–Crippen LogP) is 4.58. The van der Waals surface area contributed by atoms with Crippen LogP contribution in [-0.2, 0) is 0 Å². The monoisotopic (exact) mass is 206 g/mol. The average molecular weight is 206 g/mol. The van der Waals surface area contributed by atoms with Gasteiger partial charge in [0.15, 0.2) is 0 Å². The van der Waals surface area contributed by atoms with Crippen LogP contribution in [0.5, 0.6) is 0 Å². The maximum absolute atomic E-state index is 2.31. The summed E-state index contributed by atoms with van der Waals surface area (Å²) in [5, 5.41) is 0.646. The van der Waals surface area contributed by atoms with Crippen molar-refractivity contribution in [3.63, 3.8) is 0 Å². The van der Waals surface area contributed by atoms with Crippen LogP contribution in [0.4, 0.5) is 0 Å². The van der Waals surface area contributed by atoms with E-state index in [1.54, 1.807) is 0 Å². The highest BCUT2D eigenvalue weighted by Gasteiger charge is 2.03. The Morgan fingerprint density at radius 1 is 1.29 bits per heavy atom. The highest BCUT2D eigenvalue weighted by Crippen LogP contribution is 2.30. The van der Waals surface area contributed by atoms with Gasteiger partial charge in [-0.1, -0.05) is 57.2 Å². The molecule has 0 aromatic heterocycles. The largest absolute Gasteiger partial charge is 0.123 e. The third-order valence-corrected chi connectivity index (χ3v) is 2.94. The summed E-state index contributed by atoms with van der Waals surface area (Å²) >= 11 is 1.94. The lowest BCUT2D eigenvalue weighted by atomic mass is 10.2. The van der Waals surface area contributed by atoms with Crippen LogP contribution >= 0.6 is 11.8 Å². The van der Waals surface area contributed by atoms with Crippen molar-refractivity contribution in [3.05, 3.63) is 42.0 Å². The Balaban J connectivity index is 2.84. The minimum atomic E-state index is 0.646. The van der Waals surface area contributed by atoms with E-state index >= 15 is 0 Å². The highest BCUT2D eigenvalue weighted by atomic mass is 32.2. The minimum absolute atomic E-state index is 0.646. The Bertz CT molecular complexity index is 285. The fourth-order valence-corrected chi connectivity index (χ4v) is 2.32. The zero-order valence-electron chi connectivity index (χ0n) is 9.16. The van der Waals surface area contributed by atoms with Crippen LogP contribution in [0.1, 0.15) is 32.8 Å². The summed E-state index contributed by atoms with van der Waals surface area (Å²) < 4.78 is 0. The number of hydrogen-bond acceptors (Lipinski definition) is 1. The SMILES string of the molecule is CC/C=C(\SC(C)C)c1ccccc1. The van der Waals surface area contributed by atoms with Crippen LogP contribution in [0.25, 0.3) is 4.91 Å². The number of allylic oxidation sites excluding steroid dienone is 1. The lowest BCUT2D eigenvalue weighted by Gasteiger charge is -2.09. The summed E-state index contributed by atoms with van der Waals surface area (Å²) in [6.07, 6.45) is 3.41. The van der Waals surface area contributed by atoms with Gasteiger partial charge in [-0.25, -0.2) is 0 Å². The molecule has 0 amide bonds. The first kappa shape index (κ1) is 11.4. The van der Waals surface area contributed by atoms with Gasteiger partial charge in [-0.15, -0.1) is 11.8 Å². The predicted molar refractivity (Wildman–Crippen MR) is 67.4 cm³/mol. The van der Waals surface area contributed by atoms with Crippen molar-refractivity contribution in [1.82, 2.24) is 0 Å². The van der Waals surface area contributed by atoms with E-state index in [0.717, 1.165) is 6.42 Å². The van der Waals surface area contributed by atoms with Crippen molar-refractivity contribution in [2.75, 3.05) is 0 Å². The molecule has 0 unspecified atom stereocenters. The van der Waals surface area contributed by atoms with Crippen molar-refractivity contribution in [3.8, 4) is 0 Å². The molecule has 0 aliphatic rings. The van der Waals surface area contributed by atoms with E-state index < -0.39 is 0 Å². The molecular formula is C13H18S. The van der Waals surface area contributed by atoms with Crippen molar-refractivity contribution >= 4 is 16.7 Å². The van der Waals surface area contributed by atoms with Crippen LogP contribution in [-0.4, -0.2) is 5.25 Å². The maximum atomic E-state index is 2.31. The fraction of sp³-hybridized carbons (Fsp3) is 0.385. The first-order valence-electron chi connectivity index (χ1n) is 5.16. The molecule has 0 heterocycles. The van der Waals surface area contributed by atoms with Crippen molar-refractivity contribution in [2.24, 2.45) is 0 Å². The van der Waals surface area contributed by atoms with Crippen molar-refractivity contribution in [1.29, 1.82) is 0 Å².